The molecule has 0 fully saturated rings. The number of halogens is 1. The summed E-state index contributed by atoms with van der Waals surface area (Å²) >= 11 is 5.73. The molecule has 1 aromatic carbocycles. The third kappa shape index (κ3) is 3.43. The molecule has 0 aliphatic carbocycles. The number of benzene rings is 1. The molecule has 0 saturated carbocycles. The highest BCUT2D eigenvalue weighted by atomic mass is 35.5. The molecule has 7 nitrogen and oxygen atoms in total. The van der Waals surface area contributed by atoms with Gasteiger partial charge in [0.25, 0.3) is 0 Å². The zero-order chi connectivity index (χ0) is 13.9. The molecule has 0 aliphatic heterocycles. The van der Waals surface area contributed by atoms with Crippen molar-refractivity contribution in [1.29, 1.82) is 0 Å². The van der Waals surface area contributed by atoms with Gasteiger partial charge in [0.2, 0.25) is 15.9 Å². The van der Waals surface area contributed by atoms with E-state index in [1.807, 2.05) is 0 Å². The average molecular weight is 303 g/mol. The maximum Gasteiger partial charge on any atom is 0.240 e. The first kappa shape index (κ1) is 13.8. The Morgan fingerprint density at radius 1 is 1.42 bits per heavy atom. The van der Waals surface area contributed by atoms with Crippen LogP contribution in [0.25, 0.3) is 0 Å². The molecular formula is C10H11ClN4O3S. The predicted octanol–water partition coefficient (Wildman–Crippen LogP) is 0.826. The fraction of sp³-hybridized carbons (Fsp3) is 0.200. The summed E-state index contributed by atoms with van der Waals surface area (Å²) in [6.45, 7) is 0.146. The molecule has 2 aromatic rings. The largest absolute Gasteiger partial charge is 0.397 e. The normalized spacial score (nSPS) is 11.6. The van der Waals surface area contributed by atoms with E-state index in [1.54, 1.807) is 0 Å². The third-order valence-electron chi connectivity index (χ3n) is 2.32. The minimum atomic E-state index is -3.63. The Bertz CT molecular complexity index is 657. The average Bonchev–Trinajstić information content (AvgIpc) is 2.85. The first-order valence-electron chi connectivity index (χ1n) is 5.29. The van der Waals surface area contributed by atoms with Crippen molar-refractivity contribution in [2.24, 2.45) is 0 Å². The number of nitrogens with zero attached hydrogens (tertiary/aromatic N) is 2. The Balaban J connectivity index is 2.03. The highest BCUT2D eigenvalue weighted by molar-refractivity contribution is 7.89. The van der Waals surface area contributed by atoms with E-state index < -0.39 is 10.0 Å². The van der Waals surface area contributed by atoms with Crippen molar-refractivity contribution < 1.29 is 12.9 Å². The fourth-order valence-electron chi connectivity index (χ4n) is 1.37. The van der Waals surface area contributed by atoms with Gasteiger partial charge in [-0.1, -0.05) is 16.8 Å². The van der Waals surface area contributed by atoms with Crippen molar-refractivity contribution in [1.82, 2.24) is 14.9 Å². The number of hydrogen-bond acceptors (Lipinski definition) is 6. The molecule has 19 heavy (non-hydrogen) atoms. The zero-order valence-electron chi connectivity index (χ0n) is 9.71. The molecule has 0 atom stereocenters. The van der Waals surface area contributed by atoms with Crippen LogP contribution in [0.4, 0.5) is 5.69 Å². The Kier molecular flexibility index (Phi) is 4.03. The molecule has 1 aromatic heterocycles. The van der Waals surface area contributed by atoms with Gasteiger partial charge in [0.15, 0.2) is 6.33 Å². The van der Waals surface area contributed by atoms with E-state index in [0.717, 1.165) is 0 Å². The van der Waals surface area contributed by atoms with Crippen LogP contribution in [-0.4, -0.2) is 25.1 Å². The van der Waals surface area contributed by atoms with Crippen LogP contribution < -0.4 is 10.5 Å². The summed E-state index contributed by atoms with van der Waals surface area (Å²) in [7, 11) is -3.63. The van der Waals surface area contributed by atoms with Crippen LogP contribution in [0.2, 0.25) is 5.02 Å². The molecule has 0 bridgehead atoms. The molecule has 0 saturated heterocycles. The molecule has 0 radical (unpaired) electrons. The van der Waals surface area contributed by atoms with Crippen LogP contribution in [0.15, 0.2) is 33.9 Å². The maximum absolute atomic E-state index is 11.9. The number of anilines is 1. The minimum absolute atomic E-state index is 0.0555. The van der Waals surface area contributed by atoms with Crippen molar-refractivity contribution in [3.05, 3.63) is 35.4 Å². The number of nitrogen functional groups attached to an aromatic ring is 1. The lowest BCUT2D eigenvalue weighted by atomic mass is 10.3. The van der Waals surface area contributed by atoms with E-state index in [9.17, 15) is 8.42 Å². The second-order valence-corrected chi connectivity index (χ2v) is 5.84. The standard InChI is InChI=1S/C10H11ClN4O3S/c11-8-2-1-7(5-9(8)12)19(16,17)15-4-3-10-13-6-14-18-10/h1-2,5-6,15H,3-4,12H2. The number of sulfonamides is 1. The van der Waals surface area contributed by atoms with E-state index in [0.29, 0.717) is 17.3 Å². The first-order chi connectivity index (χ1) is 8.99. The Morgan fingerprint density at radius 3 is 2.84 bits per heavy atom. The third-order valence-corrected chi connectivity index (χ3v) is 4.12. The van der Waals surface area contributed by atoms with E-state index in [1.165, 1.54) is 24.5 Å². The Morgan fingerprint density at radius 2 is 2.21 bits per heavy atom. The molecule has 3 N–H and O–H groups in total. The van der Waals surface area contributed by atoms with Gasteiger partial charge in [-0.2, -0.15) is 4.98 Å². The lowest BCUT2D eigenvalue weighted by molar-refractivity contribution is 0.377. The topological polar surface area (TPSA) is 111 Å². The lowest BCUT2D eigenvalue weighted by Crippen LogP contribution is -2.26. The summed E-state index contributed by atoms with van der Waals surface area (Å²) < 4.78 is 31.1. The predicted molar refractivity (Wildman–Crippen MR) is 69.1 cm³/mol. The van der Waals surface area contributed by atoms with Crippen molar-refractivity contribution in [3.63, 3.8) is 0 Å². The molecule has 0 unspecified atom stereocenters. The highest BCUT2D eigenvalue weighted by Crippen LogP contribution is 2.21. The van der Waals surface area contributed by atoms with Crippen LogP contribution in [-0.2, 0) is 16.4 Å². The molecule has 0 spiro atoms. The molecule has 9 heteroatoms. The summed E-state index contributed by atoms with van der Waals surface area (Å²) in [5.74, 6) is 0.360. The monoisotopic (exact) mass is 302 g/mol. The van der Waals surface area contributed by atoms with Gasteiger partial charge in [0.1, 0.15) is 0 Å². The van der Waals surface area contributed by atoms with Crippen LogP contribution in [0.1, 0.15) is 5.89 Å². The number of hydrogen-bond donors (Lipinski definition) is 2. The maximum atomic E-state index is 11.9. The molecule has 0 amide bonds. The number of nitrogens with two attached hydrogens (primary N) is 1. The summed E-state index contributed by atoms with van der Waals surface area (Å²) in [6, 6.07) is 4.12. The minimum Gasteiger partial charge on any atom is -0.397 e. The number of aromatic nitrogens is 2. The van der Waals surface area contributed by atoms with Gasteiger partial charge in [0.05, 0.1) is 15.6 Å². The van der Waals surface area contributed by atoms with E-state index >= 15 is 0 Å². The van der Waals surface area contributed by atoms with Crippen LogP contribution >= 0.6 is 11.6 Å². The van der Waals surface area contributed by atoms with Crippen molar-refractivity contribution in [3.8, 4) is 0 Å². The highest BCUT2D eigenvalue weighted by Gasteiger charge is 2.15. The summed E-state index contributed by atoms with van der Waals surface area (Å²) in [6.07, 6.45) is 1.56. The molecular weight excluding hydrogens is 292 g/mol. The van der Waals surface area contributed by atoms with E-state index in [-0.39, 0.29) is 17.1 Å². The van der Waals surface area contributed by atoms with Gasteiger partial charge in [-0.05, 0) is 18.2 Å². The number of nitrogens with one attached hydrogen (secondary N) is 1. The van der Waals surface area contributed by atoms with Crippen molar-refractivity contribution in [2.45, 2.75) is 11.3 Å². The summed E-state index contributed by atoms with van der Waals surface area (Å²) in [4.78, 5) is 3.84. The smallest absolute Gasteiger partial charge is 0.240 e. The van der Waals surface area contributed by atoms with Gasteiger partial charge in [-0.25, -0.2) is 13.1 Å². The van der Waals surface area contributed by atoms with Gasteiger partial charge < -0.3 is 10.3 Å². The second kappa shape index (κ2) is 5.55. The quantitative estimate of drug-likeness (QED) is 0.791. The van der Waals surface area contributed by atoms with Crippen molar-refractivity contribution >= 4 is 27.3 Å². The summed E-state index contributed by atoms with van der Waals surface area (Å²) in [5, 5.41) is 3.73. The number of rotatable bonds is 5. The Labute approximate surface area is 114 Å². The Hall–Kier alpha value is -1.64. The van der Waals surface area contributed by atoms with E-state index in [2.05, 4.69) is 14.9 Å². The second-order valence-electron chi connectivity index (χ2n) is 3.67. The van der Waals surface area contributed by atoms with Gasteiger partial charge >= 0.3 is 0 Å². The molecule has 1 heterocycles. The van der Waals surface area contributed by atoms with Gasteiger partial charge in [-0.15, -0.1) is 0 Å². The first-order valence-corrected chi connectivity index (χ1v) is 7.15. The van der Waals surface area contributed by atoms with Crippen LogP contribution in [0, 0.1) is 0 Å². The van der Waals surface area contributed by atoms with E-state index in [4.69, 9.17) is 21.9 Å². The zero-order valence-corrected chi connectivity index (χ0v) is 11.3. The molecule has 102 valence electrons. The molecule has 2 rings (SSSR count). The van der Waals surface area contributed by atoms with Crippen LogP contribution in [0.5, 0.6) is 0 Å². The van der Waals surface area contributed by atoms with Gasteiger partial charge in [0, 0.05) is 13.0 Å². The van der Waals surface area contributed by atoms with Crippen molar-refractivity contribution in [2.75, 3.05) is 12.3 Å². The molecule has 0 aliphatic rings. The van der Waals surface area contributed by atoms with Gasteiger partial charge in [-0.3, -0.25) is 0 Å². The summed E-state index contributed by atoms with van der Waals surface area (Å²) in [5.41, 5.74) is 5.78. The van der Waals surface area contributed by atoms with Crippen LogP contribution in [0.3, 0.4) is 0 Å². The lowest BCUT2D eigenvalue weighted by Gasteiger charge is -2.07. The SMILES string of the molecule is Nc1cc(S(=O)(=O)NCCc2ncno2)ccc1Cl. The fourth-order valence-corrected chi connectivity index (χ4v) is 2.56.